The number of aliphatic hydroxyl groups is 2. The molecule has 70 heavy (non-hydrogen) atoms. The van der Waals surface area contributed by atoms with E-state index in [1.165, 1.54) is 302 Å². The minimum absolute atomic E-state index is 0.0101. The molecule has 6 heteroatoms. The van der Waals surface area contributed by atoms with Crippen molar-refractivity contribution in [2.45, 2.75) is 386 Å². The third-order valence-corrected chi connectivity index (χ3v) is 15.4. The van der Waals surface area contributed by atoms with Crippen LogP contribution in [0.15, 0.2) is 0 Å². The van der Waals surface area contributed by atoms with Gasteiger partial charge in [-0.3, -0.25) is 9.59 Å². The summed E-state index contributed by atoms with van der Waals surface area (Å²) in [6, 6.07) is -0.543. The standard InChI is InChI=1S/C64H127NO5/c1-3-5-7-9-11-13-15-16-17-18-19-20-21-22-24-27-30-33-37-40-44-48-52-56-62(67)61(60-66)65-63(68)57-53-49-45-41-38-34-31-28-25-23-26-29-32-35-39-43-47-51-55-59-70-64(69)58-54-50-46-42-36-14-12-10-8-6-4-2/h61-62,66-67H,3-60H2,1-2H3,(H,65,68). The van der Waals surface area contributed by atoms with Crippen molar-refractivity contribution >= 4 is 11.9 Å². The fourth-order valence-corrected chi connectivity index (χ4v) is 10.5. The van der Waals surface area contributed by atoms with E-state index in [0.29, 0.717) is 25.9 Å². The topological polar surface area (TPSA) is 95.9 Å². The zero-order chi connectivity index (χ0) is 50.7. The monoisotopic (exact) mass is 990 g/mol. The van der Waals surface area contributed by atoms with Crippen molar-refractivity contribution in [3.8, 4) is 0 Å². The number of esters is 1. The van der Waals surface area contributed by atoms with Crippen LogP contribution in [0.25, 0.3) is 0 Å². The molecule has 418 valence electrons. The Morgan fingerprint density at radius 1 is 0.343 bits per heavy atom. The van der Waals surface area contributed by atoms with Crippen LogP contribution in [0.1, 0.15) is 373 Å². The number of ether oxygens (including phenoxy) is 1. The summed E-state index contributed by atoms with van der Waals surface area (Å²) in [7, 11) is 0. The zero-order valence-electron chi connectivity index (χ0n) is 47.8. The largest absolute Gasteiger partial charge is 0.466 e. The number of rotatable bonds is 61. The van der Waals surface area contributed by atoms with E-state index in [4.69, 9.17) is 4.74 Å². The molecule has 0 aliphatic heterocycles. The number of hydrogen-bond acceptors (Lipinski definition) is 5. The molecule has 0 saturated carbocycles. The molecule has 0 aliphatic rings. The van der Waals surface area contributed by atoms with Crippen molar-refractivity contribution in [1.82, 2.24) is 5.32 Å². The molecule has 2 atom stereocenters. The first-order chi connectivity index (χ1) is 34.5. The minimum Gasteiger partial charge on any atom is -0.466 e. The Balaban J connectivity index is 3.39. The van der Waals surface area contributed by atoms with E-state index in [-0.39, 0.29) is 18.5 Å². The molecule has 0 bridgehead atoms. The maximum Gasteiger partial charge on any atom is 0.305 e. The van der Waals surface area contributed by atoms with Gasteiger partial charge >= 0.3 is 5.97 Å². The highest BCUT2D eigenvalue weighted by molar-refractivity contribution is 5.76. The third-order valence-electron chi connectivity index (χ3n) is 15.4. The van der Waals surface area contributed by atoms with Gasteiger partial charge < -0.3 is 20.3 Å². The lowest BCUT2D eigenvalue weighted by Crippen LogP contribution is -2.45. The Labute approximate surface area is 438 Å². The average Bonchev–Trinajstić information content (AvgIpc) is 3.36. The van der Waals surface area contributed by atoms with Crippen LogP contribution >= 0.6 is 0 Å². The van der Waals surface area contributed by atoms with Gasteiger partial charge in [0.15, 0.2) is 0 Å². The molecule has 0 radical (unpaired) electrons. The lowest BCUT2D eigenvalue weighted by atomic mass is 10.0. The lowest BCUT2D eigenvalue weighted by Gasteiger charge is -2.22. The summed E-state index contributed by atoms with van der Waals surface area (Å²) in [6.07, 6.45) is 71.2. The second kappa shape index (κ2) is 60.4. The lowest BCUT2D eigenvalue weighted by molar-refractivity contribution is -0.143. The number of nitrogens with one attached hydrogen (secondary N) is 1. The second-order valence-electron chi connectivity index (χ2n) is 22.5. The molecule has 0 saturated heterocycles. The van der Waals surface area contributed by atoms with Crippen molar-refractivity contribution in [2.24, 2.45) is 0 Å². The number of hydrogen-bond donors (Lipinski definition) is 3. The van der Waals surface area contributed by atoms with E-state index < -0.39 is 12.1 Å². The maximum atomic E-state index is 12.5. The van der Waals surface area contributed by atoms with Crippen LogP contribution in [0.5, 0.6) is 0 Å². The van der Waals surface area contributed by atoms with E-state index in [9.17, 15) is 19.8 Å². The van der Waals surface area contributed by atoms with Gasteiger partial charge in [0.05, 0.1) is 25.4 Å². The van der Waals surface area contributed by atoms with Crippen molar-refractivity contribution in [3.63, 3.8) is 0 Å². The molecule has 0 aliphatic carbocycles. The van der Waals surface area contributed by atoms with Gasteiger partial charge in [0.1, 0.15) is 0 Å². The van der Waals surface area contributed by atoms with Crippen molar-refractivity contribution in [3.05, 3.63) is 0 Å². The Morgan fingerprint density at radius 2 is 0.586 bits per heavy atom. The van der Waals surface area contributed by atoms with Crippen LogP contribution < -0.4 is 5.32 Å². The first-order valence-corrected chi connectivity index (χ1v) is 32.3. The number of unbranched alkanes of at least 4 members (excludes halogenated alkanes) is 50. The van der Waals surface area contributed by atoms with Gasteiger partial charge in [-0.05, 0) is 25.7 Å². The van der Waals surface area contributed by atoms with Crippen LogP contribution in [0.4, 0.5) is 0 Å². The zero-order valence-corrected chi connectivity index (χ0v) is 47.8. The van der Waals surface area contributed by atoms with Crippen LogP contribution in [0.3, 0.4) is 0 Å². The predicted molar refractivity (Wildman–Crippen MR) is 306 cm³/mol. The molecule has 0 aromatic heterocycles. The summed E-state index contributed by atoms with van der Waals surface area (Å²) in [5.74, 6) is -0.0225. The van der Waals surface area contributed by atoms with Crippen molar-refractivity contribution in [1.29, 1.82) is 0 Å². The summed E-state index contributed by atoms with van der Waals surface area (Å²) in [4.78, 5) is 24.5. The fraction of sp³-hybridized carbons (Fsp3) is 0.969. The van der Waals surface area contributed by atoms with Crippen LogP contribution in [0, 0.1) is 0 Å². The van der Waals surface area contributed by atoms with E-state index in [1.807, 2.05) is 0 Å². The molecule has 0 rings (SSSR count). The molecule has 3 N–H and O–H groups in total. The summed E-state index contributed by atoms with van der Waals surface area (Å²) >= 11 is 0. The van der Waals surface area contributed by atoms with Gasteiger partial charge in [-0.15, -0.1) is 0 Å². The smallest absolute Gasteiger partial charge is 0.305 e. The summed E-state index contributed by atoms with van der Waals surface area (Å²) in [5, 5.41) is 23.4. The third kappa shape index (κ3) is 56.2. The molecule has 1 amide bonds. The summed E-state index contributed by atoms with van der Waals surface area (Å²) in [6.45, 7) is 4.98. The molecule has 0 fully saturated rings. The molecular formula is C64H127NO5. The number of carbonyl (C=O) groups is 2. The average molecular weight is 991 g/mol. The Kier molecular flexibility index (Phi) is 59.4. The molecular weight excluding hydrogens is 863 g/mol. The van der Waals surface area contributed by atoms with E-state index in [0.717, 1.165) is 38.5 Å². The van der Waals surface area contributed by atoms with Gasteiger partial charge in [0.2, 0.25) is 5.91 Å². The highest BCUT2D eigenvalue weighted by Crippen LogP contribution is 2.19. The summed E-state index contributed by atoms with van der Waals surface area (Å²) in [5.41, 5.74) is 0. The SMILES string of the molecule is CCCCCCCCCCCCCCCCCCCCCCCCCC(O)C(CO)NC(=O)CCCCCCCCCCCCCCCCCCCCCOC(=O)CCCCCCCCCCCCC. The van der Waals surface area contributed by atoms with Gasteiger partial charge in [-0.25, -0.2) is 0 Å². The number of aliphatic hydroxyl groups excluding tert-OH is 2. The quantitative estimate of drug-likeness (QED) is 0.0417. The number of carbonyl (C=O) groups excluding carboxylic acids is 2. The predicted octanol–water partition coefficient (Wildman–Crippen LogP) is 20.3. The van der Waals surface area contributed by atoms with Crippen LogP contribution in [-0.4, -0.2) is 47.4 Å². The van der Waals surface area contributed by atoms with Gasteiger partial charge in [-0.1, -0.05) is 335 Å². The highest BCUT2D eigenvalue weighted by atomic mass is 16.5. The molecule has 6 nitrogen and oxygen atoms in total. The molecule has 0 spiro atoms. The van der Waals surface area contributed by atoms with E-state index >= 15 is 0 Å². The van der Waals surface area contributed by atoms with Crippen molar-refractivity contribution < 1.29 is 24.5 Å². The van der Waals surface area contributed by atoms with Gasteiger partial charge in [-0.2, -0.15) is 0 Å². The minimum atomic E-state index is -0.666. The van der Waals surface area contributed by atoms with E-state index in [1.54, 1.807) is 0 Å². The van der Waals surface area contributed by atoms with Crippen LogP contribution in [0.2, 0.25) is 0 Å². The second-order valence-corrected chi connectivity index (χ2v) is 22.5. The summed E-state index contributed by atoms with van der Waals surface area (Å²) < 4.78 is 5.47. The normalized spacial score (nSPS) is 12.5. The molecule has 0 aromatic carbocycles. The molecule has 2 unspecified atom stereocenters. The highest BCUT2D eigenvalue weighted by Gasteiger charge is 2.20. The molecule has 0 aromatic rings. The van der Waals surface area contributed by atoms with Gasteiger partial charge in [0, 0.05) is 12.8 Å². The first kappa shape index (κ1) is 68.9. The van der Waals surface area contributed by atoms with Crippen molar-refractivity contribution in [2.75, 3.05) is 13.2 Å². The fourth-order valence-electron chi connectivity index (χ4n) is 10.5. The first-order valence-electron chi connectivity index (χ1n) is 32.3. The Morgan fingerprint density at radius 3 is 0.871 bits per heavy atom. The van der Waals surface area contributed by atoms with Gasteiger partial charge in [0.25, 0.3) is 0 Å². The Hall–Kier alpha value is -1.14. The van der Waals surface area contributed by atoms with E-state index in [2.05, 4.69) is 19.2 Å². The van der Waals surface area contributed by atoms with Crippen LogP contribution in [-0.2, 0) is 14.3 Å². The molecule has 0 heterocycles. The Bertz CT molecular complexity index is 1010. The number of amides is 1. The maximum absolute atomic E-state index is 12.5.